The van der Waals surface area contributed by atoms with Crippen LogP contribution < -0.4 is 10.1 Å². The minimum absolute atomic E-state index is 0.112. The van der Waals surface area contributed by atoms with E-state index in [1.54, 1.807) is 24.4 Å². The fraction of sp³-hybridized carbons (Fsp3) is 0.0909. The second-order valence-electron chi connectivity index (χ2n) is 6.69. The fourth-order valence-corrected chi connectivity index (χ4v) is 3.84. The van der Waals surface area contributed by atoms with E-state index < -0.39 is 11.7 Å². The van der Waals surface area contributed by atoms with E-state index in [1.165, 1.54) is 16.8 Å². The van der Waals surface area contributed by atoms with E-state index in [0.29, 0.717) is 26.6 Å². The van der Waals surface area contributed by atoms with Gasteiger partial charge in [-0.1, -0.05) is 17.7 Å². The summed E-state index contributed by atoms with van der Waals surface area (Å²) < 4.78 is 28.4. The zero-order valence-electron chi connectivity index (χ0n) is 16.3. The number of aromatic nitrogens is 2. The Bertz CT molecular complexity index is 1240. The highest BCUT2D eigenvalue weighted by molar-refractivity contribution is 14.1. The molecule has 0 fully saturated rings. The number of ether oxygens (including phenoxy) is 1. The fourth-order valence-electron chi connectivity index (χ4n) is 2.84. The highest BCUT2D eigenvalue weighted by Crippen LogP contribution is 2.25. The van der Waals surface area contributed by atoms with Gasteiger partial charge in [0.2, 0.25) is 0 Å². The Morgan fingerprint density at radius 1 is 1.22 bits per heavy atom. The van der Waals surface area contributed by atoms with Gasteiger partial charge in [0.05, 0.1) is 11.0 Å². The van der Waals surface area contributed by atoms with Crippen molar-refractivity contribution in [3.05, 3.63) is 96.8 Å². The predicted molar refractivity (Wildman–Crippen MR) is 131 cm³/mol. The molecule has 164 valence electrons. The minimum atomic E-state index is -0.472. The normalized spacial score (nSPS) is 10.9. The van der Waals surface area contributed by atoms with Gasteiger partial charge in [-0.25, -0.2) is 4.39 Å². The van der Waals surface area contributed by atoms with E-state index >= 15 is 0 Å². The first-order chi connectivity index (χ1) is 15.4. The highest BCUT2D eigenvalue weighted by Gasteiger charge is 2.17. The first-order valence-electron chi connectivity index (χ1n) is 9.33. The van der Waals surface area contributed by atoms with E-state index in [0.717, 1.165) is 3.57 Å². The molecule has 4 aromatic rings. The number of carbonyl (C=O) groups is 1. The van der Waals surface area contributed by atoms with Crippen LogP contribution in [-0.4, -0.2) is 15.7 Å². The Labute approximate surface area is 210 Å². The zero-order chi connectivity index (χ0) is 22.7. The van der Waals surface area contributed by atoms with Crippen LogP contribution in [0.4, 0.5) is 10.2 Å². The molecule has 0 aliphatic heterocycles. The van der Waals surface area contributed by atoms with Gasteiger partial charge in [0.1, 0.15) is 23.9 Å². The molecule has 2 aromatic carbocycles. The van der Waals surface area contributed by atoms with Gasteiger partial charge >= 0.3 is 0 Å². The molecule has 2 aromatic heterocycles. The van der Waals surface area contributed by atoms with E-state index in [4.69, 9.17) is 20.8 Å². The van der Waals surface area contributed by atoms with Gasteiger partial charge in [0.15, 0.2) is 11.6 Å². The number of rotatable bonds is 7. The van der Waals surface area contributed by atoms with Gasteiger partial charge in [0, 0.05) is 20.4 Å². The Balaban J connectivity index is 1.39. The maximum absolute atomic E-state index is 14.0. The smallest absolute Gasteiger partial charge is 0.292 e. The summed E-state index contributed by atoms with van der Waals surface area (Å²) in [5.74, 6) is 0.704. The second kappa shape index (κ2) is 10.1. The summed E-state index contributed by atoms with van der Waals surface area (Å²) in [4.78, 5) is 12.6. The average molecular weight is 631 g/mol. The maximum atomic E-state index is 14.0. The molecule has 2 heterocycles. The van der Waals surface area contributed by atoms with Crippen molar-refractivity contribution in [3.63, 3.8) is 0 Å². The molecule has 0 aliphatic carbocycles. The van der Waals surface area contributed by atoms with Crippen LogP contribution >= 0.6 is 50.1 Å². The molecular formula is C22H15BrClFIN3O3. The largest absolute Gasteiger partial charge is 0.486 e. The number of amides is 1. The average Bonchev–Trinajstić information content (AvgIpc) is 3.37. The predicted octanol–water partition coefficient (Wildman–Crippen LogP) is 6.52. The number of hydrogen-bond acceptors (Lipinski definition) is 4. The van der Waals surface area contributed by atoms with Crippen molar-refractivity contribution in [2.45, 2.75) is 13.2 Å². The molecule has 0 bridgehead atoms. The molecule has 0 atom stereocenters. The summed E-state index contributed by atoms with van der Waals surface area (Å²) in [6.45, 7) is 0.302. The molecule has 0 saturated carbocycles. The molecule has 0 saturated heterocycles. The molecule has 0 radical (unpaired) electrons. The molecule has 32 heavy (non-hydrogen) atoms. The van der Waals surface area contributed by atoms with Gasteiger partial charge in [0.25, 0.3) is 5.91 Å². The van der Waals surface area contributed by atoms with Crippen LogP contribution in [0.1, 0.15) is 21.9 Å². The van der Waals surface area contributed by atoms with E-state index in [2.05, 4.69) is 48.9 Å². The lowest BCUT2D eigenvalue weighted by Gasteiger charge is -2.06. The van der Waals surface area contributed by atoms with Crippen LogP contribution in [0.25, 0.3) is 0 Å². The Morgan fingerprint density at radius 3 is 2.75 bits per heavy atom. The zero-order valence-corrected chi connectivity index (χ0v) is 20.8. The standard InChI is InChI=1S/C22H15BrClFIN3O3/c23-17-11-29(10-16-18(24)2-1-3-19(16)25)28-21(17)27-22(30)20-9-8-15(32-20)12-31-14-6-4-13(26)5-7-14/h1-9,11H,10,12H2,(H,27,28,30). The molecule has 0 spiro atoms. The third-order valence-electron chi connectivity index (χ3n) is 4.41. The highest BCUT2D eigenvalue weighted by atomic mass is 127. The van der Waals surface area contributed by atoms with Crippen molar-refractivity contribution in [1.82, 2.24) is 9.78 Å². The van der Waals surface area contributed by atoms with Gasteiger partial charge in [-0.3, -0.25) is 9.48 Å². The number of nitrogens with one attached hydrogen (secondary N) is 1. The van der Waals surface area contributed by atoms with Crippen LogP contribution in [0.2, 0.25) is 5.02 Å². The SMILES string of the molecule is O=C(Nc1nn(Cc2c(F)cccc2Cl)cc1Br)c1ccc(COc2ccc(I)cc2)o1. The first kappa shape index (κ1) is 22.8. The van der Waals surface area contributed by atoms with Gasteiger partial charge in [-0.2, -0.15) is 5.10 Å². The number of halogens is 4. The third kappa shape index (κ3) is 5.51. The molecular weight excluding hydrogens is 616 g/mol. The molecule has 0 aliphatic rings. The van der Waals surface area contributed by atoms with E-state index in [1.807, 2.05) is 24.3 Å². The van der Waals surface area contributed by atoms with E-state index in [9.17, 15) is 9.18 Å². The van der Waals surface area contributed by atoms with Crippen LogP contribution in [0.15, 0.2) is 69.7 Å². The summed E-state index contributed by atoms with van der Waals surface area (Å²) in [6.07, 6.45) is 1.63. The summed E-state index contributed by atoms with van der Waals surface area (Å²) in [5.41, 5.74) is 0.311. The van der Waals surface area contributed by atoms with Gasteiger partial charge < -0.3 is 14.5 Å². The van der Waals surface area contributed by atoms with Gasteiger partial charge in [-0.05, 0) is 87.1 Å². The number of nitrogens with zero attached hydrogens (tertiary/aromatic N) is 2. The topological polar surface area (TPSA) is 69.3 Å². The number of benzene rings is 2. The molecule has 10 heteroatoms. The molecule has 0 unspecified atom stereocenters. The van der Waals surface area contributed by atoms with Crippen molar-refractivity contribution in [2.75, 3.05) is 5.32 Å². The quantitative estimate of drug-likeness (QED) is 0.236. The van der Waals surface area contributed by atoms with Crippen LogP contribution in [0, 0.1) is 9.39 Å². The minimum Gasteiger partial charge on any atom is -0.486 e. The van der Waals surface area contributed by atoms with Crippen LogP contribution in [0.5, 0.6) is 5.75 Å². The summed E-state index contributed by atoms with van der Waals surface area (Å²) >= 11 is 11.6. The number of anilines is 1. The number of furan rings is 1. The monoisotopic (exact) mass is 629 g/mol. The van der Waals surface area contributed by atoms with Crippen LogP contribution in [-0.2, 0) is 13.2 Å². The summed E-state index contributed by atoms with van der Waals surface area (Å²) in [6, 6.07) is 15.3. The van der Waals surface area contributed by atoms with Crippen molar-refractivity contribution in [1.29, 1.82) is 0 Å². The van der Waals surface area contributed by atoms with Crippen molar-refractivity contribution in [2.24, 2.45) is 0 Å². The Morgan fingerprint density at radius 2 is 2.00 bits per heavy atom. The number of hydrogen-bond donors (Lipinski definition) is 1. The molecule has 1 amide bonds. The lowest BCUT2D eigenvalue weighted by Crippen LogP contribution is -2.12. The molecule has 6 nitrogen and oxygen atoms in total. The van der Waals surface area contributed by atoms with Crippen molar-refractivity contribution < 1.29 is 18.3 Å². The van der Waals surface area contributed by atoms with Gasteiger partial charge in [-0.15, -0.1) is 0 Å². The lowest BCUT2D eigenvalue weighted by molar-refractivity contribution is 0.0992. The molecule has 1 N–H and O–H groups in total. The Kier molecular flexibility index (Phi) is 7.17. The number of carbonyl (C=O) groups excluding carboxylic acids is 1. The van der Waals surface area contributed by atoms with Crippen LogP contribution in [0.3, 0.4) is 0 Å². The lowest BCUT2D eigenvalue weighted by atomic mass is 10.2. The summed E-state index contributed by atoms with van der Waals surface area (Å²) in [5, 5.41) is 7.27. The van der Waals surface area contributed by atoms with Crippen molar-refractivity contribution >= 4 is 61.8 Å². The summed E-state index contributed by atoms with van der Waals surface area (Å²) in [7, 11) is 0. The molecule has 4 rings (SSSR count). The Hall–Kier alpha value is -2.37. The van der Waals surface area contributed by atoms with Crippen molar-refractivity contribution in [3.8, 4) is 5.75 Å². The first-order valence-corrected chi connectivity index (χ1v) is 11.6. The van der Waals surface area contributed by atoms with E-state index in [-0.39, 0.29) is 24.7 Å². The second-order valence-corrected chi connectivity index (χ2v) is 9.19. The third-order valence-corrected chi connectivity index (χ3v) is 6.06. The maximum Gasteiger partial charge on any atom is 0.292 e.